The van der Waals surface area contributed by atoms with Gasteiger partial charge in [-0.05, 0) is 55.3 Å². The van der Waals surface area contributed by atoms with Crippen LogP contribution in [0.15, 0.2) is 51.7 Å². The van der Waals surface area contributed by atoms with Crippen molar-refractivity contribution in [2.24, 2.45) is 0 Å². The first kappa shape index (κ1) is 20.0. The van der Waals surface area contributed by atoms with Crippen molar-refractivity contribution < 1.29 is 13.6 Å². The molecule has 0 spiro atoms. The van der Waals surface area contributed by atoms with E-state index in [1.807, 2.05) is 32.0 Å². The van der Waals surface area contributed by atoms with Crippen molar-refractivity contribution in [2.45, 2.75) is 26.8 Å². The van der Waals surface area contributed by atoms with Crippen molar-refractivity contribution >= 4 is 11.6 Å². The molecule has 0 atom stereocenters. The summed E-state index contributed by atoms with van der Waals surface area (Å²) in [6.07, 6.45) is 0.146. The summed E-state index contributed by atoms with van der Waals surface area (Å²) < 4.78 is 19.1. The number of aromatic nitrogens is 2. The summed E-state index contributed by atoms with van der Waals surface area (Å²) in [5.41, 5.74) is 3.03. The molecular weight excluding hydrogens is 375 g/mol. The summed E-state index contributed by atoms with van der Waals surface area (Å²) in [4.78, 5) is 26.6. The summed E-state index contributed by atoms with van der Waals surface area (Å²) >= 11 is 0. The van der Waals surface area contributed by atoms with Gasteiger partial charge in [-0.15, -0.1) is 5.10 Å². The van der Waals surface area contributed by atoms with Gasteiger partial charge in [-0.1, -0.05) is 12.1 Å². The Kier molecular flexibility index (Phi) is 5.88. The lowest BCUT2D eigenvalue weighted by molar-refractivity contribution is -0.119. The summed E-state index contributed by atoms with van der Waals surface area (Å²) in [5, 5.41) is 13.0. The lowest BCUT2D eigenvalue weighted by atomic mass is 10.1. The van der Waals surface area contributed by atoms with Crippen LogP contribution in [0.5, 0.6) is 0 Å². The number of amides is 1. The zero-order chi connectivity index (χ0) is 21.0. The molecule has 1 heterocycles. The van der Waals surface area contributed by atoms with Gasteiger partial charge in [0.25, 0.3) is 0 Å². The molecule has 8 heteroatoms. The number of hydrogen-bond donors (Lipinski definition) is 0. The quantitative estimate of drug-likeness (QED) is 0.640. The second kappa shape index (κ2) is 8.52. The third-order valence-electron chi connectivity index (χ3n) is 4.60. The van der Waals surface area contributed by atoms with E-state index in [2.05, 4.69) is 5.10 Å². The van der Waals surface area contributed by atoms with E-state index < -0.39 is 17.5 Å². The van der Waals surface area contributed by atoms with Gasteiger partial charge in [0.05, 0.1) is 12.5 Å². The fourth-order valence-corrected chi connectivity index (χ4v) is 2.90. The molecule has 0 aliphatic heterocycles. The van der Waals surface area contributed by atoms with E-state index in [0.717, 1.165) is 15.8 Å². The highest BCUT2D eigenvalue weighted by Crippen LogP contribution is 2.23. The van der Waals surface area contributed by atoms with Crippen molar-refractivity contribution in [3.63, 3.8) is 0 Å². The molecule has 0 fully saturated rings. The van der Waals surface area contributed by atoms with E-state index in [1.165, 1.54) is 29.2 Å². The highest BCUT2D eigenvalue weighted by molar-refractivity contribution is 5.94. The highest BCUT2D eigenvalue weighted by atomic mass is 19.1. The van der Waals surface area contributed by atoms with Gasteiger partial charge in [-0.25, -0.2) is 9.18 Å². The van der Waals surface area contributed by atoms with Crippen molar-refractivity contribution in [3.05, 3.63) is 70.0 Å². The normalized spacial score (nSPS) is 10.6. The Morgan fingerprint density at radius 1 is 1.24 bits per heavy atom. The summed E-state index contributed by atoms with van der Waals surface area (Å²) in [6, 6.07) is 12.9. The molecule has 3 aromatic rings. The molecule has 0 saturated carbocycles. The summed E-state index contributed by atoms with van der Waals surface area (Å²) in [6.45, 7) is 3.68. The number of nitrogens with zero attached hydrogens (tertiary/aromatic N) is 4. The number of carbonyl (C=O) groups is 1. The predicted octanol–water partition coefficient (Wildman–Crippen LogP) is 3.21. The minimum Gasteiger partial charge on any atom is -0.388 e. The minimum absolute atomic E-state index is 0.00175. The van der Waals surface area contributed by atoms with Gasteiger partial charge in [0.15, 0.2) is 0 Å². The van der Waals surface area contributed by atoms with Crippen LogP contribution in [0.25, 0.3) is 11.5 Å². The molecule has 0 N–H and O–H groups in total. The topological polar surface area (TPSA) is 92.1 Å². The minimum atomic E-state index is -0.793. The number of anilines is 1. The van der Waals surface area contributed by atoms with E-state index in [0.29, 0.717) is 11.3 Å². The predicted molar refractivity (Wildman–Crippen MR) is 105 cm³/mol. The number of carbonyl (C=O) groups excluding carboxylic acids is 1. The molecule has 2 aromatic carbocycles. The fourth-order valence-electron chi connectivity index (χ4n) is 2.90. The van der Waals surface area contributed by atoms with Crippen LogP contribution in [0.2, 0.25) is 0 Å². The summed E-state index contributed by atoms with van der Waals surface area (Å²) in [5.74, 6) is -1.61. The molecule has 148 valence electrons. The van der Waals surface area contributed by atoms with Crippen LogP contribution in [-0.4, -0.2) is 22.2 Å². The van der Waals surface area contributed by atoms with Gasteiger partial charge in [0.1, 0.15) is 12.4 Å². The average molecular weight is 394 g/mol. The Hall–Kier alpha value is -3.73. The van der Waals surface area contributed by atoms with Gasteiger partial charge in [-0.2, -0.15) is 9.94 Å². The zero-order valence-electron chi connectivity index (χ0n) is 16.1. The van der Waals surface area contributed by atoms with Crippen molar-refractivity contribution in [1.29, 1.82) is 5.26 Å². The van der Waals surface area contributed by atoms with E-state index >= 15 is 0 Å². The van der Waals surface area contributed by atoms with E-state index in [9.17, 15) is 14.0 Å². The van der Waals surface area contributed by atoms with E-state index in [-0.39, 0.29) is 25.4 Å². The number of benzene rings is 2. The maximum Gasteiger partial charge on any atom is 0.437 e. The van der Waals surface area contributed by atoms with E-state index in [4.69, 9.17) is 9.68 Å². The molecule has 1 aromatic heterocycles. The molecule has 7 nitrogen and oxygen atoms in total. The smallest absolute Gasteiger partial charge is 0.388 e. The molecular formula is C21H19FN4O3. The molecule has 1 amide bonds. The molecule has 0 aliphatic rings. The van der Waals surface area contributed by atoms with Gasteiger partial charge in [0.2, 0.25) is 11.8 Å². The fraction of sp³-hybridized carbons (Fsp3) is 0.238. The molecule has 0 bridgehead atoms. The summed E-state index contributed by atoms with van der Waals surface area (Å²) in [7, 11) is 0. The number of hydrogen-bond acceptors (Lipinski definition) is 5. The third kappa shape index (κ3) is 4.41. The van der Waals surface area contributed by atoms with Crippen LogP contribution in [0.1, 0.15) is 17.5 Å². The number of rotatable bonds is 6. The molecule has 0 aliphatic carbocycles. The van der Waals surface area contributed by atoms with Crippen LogP contribution in [0.4, 0.5) is 10.1 Å². The first-order chi connectivity index (χ1) is 13.9. The molecule has 0 radical (unpaired) electrons. The number of aryl methyl sites for hydroxylation is 1. The second-order valence-electron chi connectivity index (χ2n) is 6.51. The van der Waals surface area contributed by atoms with Crippen molar-refractivity contribution in [2.75, 3.05) is 11.4 Å². The van der Waals surface area contributed by atoms with Gasteiger partial charge < -0.3 is 9.32 Å². The van der Waals surface area contributed by atoms with Crippen LogP contribution < -0.4 is 10.7 Å². The largest absolute Gasteiger partial charge is 0.437 e. The second-order valence-corrected chi connectivity index (χ2v) is 6.51. The Morgan fingerprint density at radius 2 is 1.97 bits per heavy atom. The maximum absolute atomic E-state index is 13.1. The van der Waals surface area contributed by atoms with E-state index in [1.54, 1.807) is 6.07 Å². The molecule has 0 saturated heterocycles. The Bertz CT molecular complexity index is 1130. The van der Waals surface area contributed by atoms with Crippen LogP contribution in [-0.2, 0) is 11.3 Å². The highest BCUT2D eigenvalue weighted by Gasteiger charge is 2.21. The Balaban J connectivity index is 1.88. The lowest BCUT2D eigenvalue weighted by Gasteiger charge is -2.24. The first-order valence-electron chi connectivity index (χ1n) is 8.98. The van der Waals surface area contributed by atoms with Crippen molar-refractivity contribution in [1.82, 2.24) is 9.78 Å². The van der Waals surface area contributed by atoms with Crippen molar-refractivity contribution in [3.8, 4) is 17.5 Å². The number of halogens is 1. The molecule has 29 heavy (non-hydrogen) atoms. The standard InChI is InChI=1S/C21H19FN4O3/c1-14-5-3-6-18(15(14)2)25(12-4-11-23)19(27)13-26-21(28)29-20(24-26)16-7-9-17(22)10-8-16/h3,5-10H,4,12-13H2,1-2H3. The maximum atomic E-state index is 13.1. The molecule has 0 unspecified atom stereocenters. The van der Waals surface area contributed by atoms with Crippen LogP contribution >= 0.6 is 0 Å². The first-order valence-corrected chi connectivity index (χ1v) is 8.98. The Morgan fingerprint density at radius 3 is 2.66 bits per heavy atom. The number of nitriles is 1. The monoisotopic (exact) mass is 394 g/mol. The van der Waals surface area contributed by atoms with Gasteiger partial charge in [0, 0.05) is 17.8 Å². The lowest BCUT2D eigenvalue weighted by Crippen LogP contribution is -2.37. The zero-order valence-corrected chi connectivity index (χ0v) is 16.1. The molecule has 3 rings (SSSR count). The van der Waals surface area contributed by atoms with Crippen LogP contribution in [0, 0.1) is 31.0 Å². The SMILES string of the molecule is Cc1cccc(N(CCC#N)C(=O)Cn2nc(-c3ccc(F)cc3)oc2=O)c1C. The van der Waals surface area contributed by atoms with Crippen LogP contribution in [0.3, 0.4) is 0 Å². The van der Waals surface area contributed by atoms with Gasteiger partial charge >= 0.3 is 5.76 Å². The third-order valence-corrected chi connectivity index (χ3v) is 4.60. The average Bonchev–Trinajstić information content (AvgIpc) is 3.06. The van der Waals surface area contributed by atoms with Gasteiger partial charge in [-0.3, -0.25) is 4.79 Å². The Labute approximate surface area is 166 Å².